The van der Waals surface area contributed by atoms with Crippen LogP contribution in [-0.2, 0) is 15.0 Å². The molecule has 1 aromatic carbocycles. The summed E-state index contributed by atoms with van der Waals surface area (Å²) in [7, 11) is 0. The Kier molecular flexibility index (Phi) is 5.91. The predicted molar refractivity (Wildman–Crippen MR) is 80.8 cm³/mol. The molecule has 0 bridgehead atoms. The number of carboxylic acids is 1. The van der Waals surface area contributed by atoms with Gasteiger partial charge in [0.15, 0.2) is 12.1 Å². The lowest BCUT2D eigenvalue weighted by molar-refractivity contribution is -0.143. The molecule has 0 saturated heterocycles. The predicted octanol–water partition coefficient (Wildman–Crippen LogP) is 2.29. The Morgan fingerprint density at radius 2 is 2.00 bits per heavy atom. The highest BCUT2D eigenvalue weighted by Crippen LogP contribution is 2.26. The average molecular weight is 311 g/mol. The lowest BCUT2D eigenvalue weighted by Crippen LogP contribution is -2.47. The molecule has 2 unspecified atom stereocenters. The van der Waals surface area contributed by atoms with Crippen molar-refractivity contribution >= 4 is 11.9 Å². The van der Waals surface area contributed by atoms with Gasteiger partial charge in [-0.2, -0.15) is 0 Å². The monoisotopic (exact) mass is 311 g/mol. The molecule has 0 spiro atoms. The number of rotatable bonds is 6. The minimum atomic E-state index is -1.56. The molecule has 5 nitrogen and oxygen atoms in total. The summed E-state index contributed by atoms with van der Waals surface area (Å²) >= 11 is 0. The van der Waals surface area contributed by atoms with Crippen molar-refractivity contribution in [2.45, 2.75) is 45.3 Å². The van der Waals surface area contributed by atoms with Crippen molar-refractivity contribution in [3.05, 3.63) is 29.8 Å². The first kappa shape index (κ1) is 17.9. The van der Waals surface area contributed by atoms with Gasteiger partial charge >= 0.3 is 5.97 Å². The summed E-state index contributed by atoms with van der Waals surface area (Å²) in [4.78, 5) is 22.5. The van der Waals surface area contributed by atoms with E-state index in [-0.39, 0.29) is 5.41 Å². The van der Waals surface area contributed by atoms with Gasteiger partial charge in [-0.05, 0) is 30.0 Å². The Morgan fingerprint density at radius 1 is 1.36 bits per heavy atom. The van der Waals surface area contributed by atoms with Crippen LogP contribution in [0.5, 0.6) is 5.75 Å². The molecule has 6 heteroatoms. The third kappa shape index (κ3) is 5.02. The van der Waals surface area contributed by atoms with Gasteiger partial charge < -0.3 is 15.2 Å². The van der Waals surface area contributed by atoms with Crippen LogP contribution in [0.4, 0.5) is 4.39 Å². The second-order valence-corrected chi connectivity index (χ2v) is 6.09. The highest BCUT2D eigenvalue weighted by molar-refractivity contribution is 5.86. The molecule has 2 atom stereocenters. The number of carbonyl (C=O) groups excluding carboxylic acids is 1. The summed E-state index contributed by atoms with van der Waals surface area (Å²) in [6, 6.07) is 5.76. The number of hydrogen-bond donors (Lipinski definition) is 2. The van der Waals surface area contributed by atoms with Gasteiger partial charge in [0.25, 0.3) is 5.91 Å². The van der Waals surface area contributed by atoms with Crippen LogP contribution in [0.25, 0.3) is 0 Å². The van der Waals surface area contributed by atoms with Crippen molar-refractivity contribution in [2.24, 2.45) is 0 Å². The Bertz CT molecular complexity index is 539. The van der Waals surface area contributed by atoms with E-state index in [9.17, 15) is 14.0 Å². The van der Waals surface area contributed by atoms with Crippen LogP contribution < -0.4 is 10.1 Å². The zero-order valence-electron chi connectivity index (χ0n) is 13.2. The molecular formula is C16H22FNO4. The summed E-state index contributed by atoms with van der Waals surface area (Å²) in [6.45, 7) is 6.48. The second-order valence-electron chi connectivity index (χ2n) is 6.09. The van der Waals surface area contributed by atoms with Gasteiger partial charge in [-0.3, -0.25) is 4.79 Å². The Balaban J connectivity index is 2.74. The van der Waals surface area contributed by atoms with E-state index in [4.69, 9.17) is 9.84 Å². The van der Waals surface area contributed by atoms with Crippen molar-refractivity contribution in [1.82, 2.24) is 5.32 Å². The van der Waals surface area contributed by atoms with E-state index in [1.165, 1.54) is 6.92 Å². The van der Waals surface area contributed by atoms with E-state index in [0.717, 1.165) is 5.56 Å². The molecule has 1 rings (SSSR count). The van der Waals surface area contributed by atoms with Gasteiger partial charge in [-0.25, -0.2) is 9.18 Å². The van der Waals surface area contributed by atoms with Gasteiger partial charge in [-0.15, -0.1) is 0 Å². The zero-order chi connectivity index (χ0) is 16.9. The van der Waals surface area contributed by atoms with Crippen LogP contribution >= 0.6 is 0 Å². The first-order valence-electron chi connectivity index (χ1n) is 7.01. The van der Waals surface area contributed by atoms with Crippen molar-refractivity contribution in [3.8, 4) is 5.75 Å². The highest BCUT2D eigenvalue weighted by atomic mass is 19.1. The number of nitrogens with one attached hydrogen (secondary N) is 1. The van der Waals surface area contributed by atoms with Gasteiger partial charge in [-0.1, -0.05) is 32.9 Å². The Morgan fingerprint density at radius 3 is 2.50 bits per heavy atom. The van der Waals surface area contributed by atoms with Gasteiger partial charge in [0.1, 0.15) is 12.4 Å². The van der Waals surface area contributed by atoms with Crippen molar-refractivity contribution in [1.29, 1.82) is 0 Å². The molecule has 0 aromatic heterocycles. The third-order valence-electron chi connectivity index (χ3n) is 3.15. The summed E-state index contributed by atoms with van der Waals surface area (Å²) in [5.74, 6) is -1.59. The fraction of sp³-hybridized carbons (Fsp3) is 0.500. The van der Waals surface area contributed by atoms with E-state index in [1.807, 2.05) is 18.2 Å². The number of alkyl halides is 1. The molecule has 0 aliphatic carbocycles. The number of hydrogen-bond acceptors (Lipinski definition) is 3. The lowest BCUT2D eigenvalue weighted by atomic mass is 9.87. The van der Waals surface area contributed by atoms with Crippen LogP contribution in [0.15, 0.2) is 24.3 Å². The van der Waals surface area contributed by atoms with Crippen molar-refractivity contribution in [3.63, 3.8) is 0 Å². The number of benzene rings is 1. The number of halogens is 1. The zero-order valence-corrected chi connectivity index (χ0v) is 13.2. The maximum Gasteiger partial charge on any atom is 0.328 e. The van der Waals surface area contributed by atoms with E-state index < -0.39 is 30.7 Å². The van der Waals surface area contributed by atoms with Crippen LogP contribution in [0.2, 0.25) is 0 Å². The van der Waals surface area contributed by atoms with Gasteiger partial charge in [0, 0.05) is 0 Å². The first-order valence-corrected chi connectivity index (χ1v) is 7.01. The quantitative estimate of drug-likeness (QED) is 0.845. The van der Waals surface area contributed by atoms with Crippen LogP contribution in [0.3, 0.4) is 0 Å². The summed E-state index contributed by atoms with van der Waals surface area (Å²) in [6.07, 6.45) is -0.927. The molecule has 0 saturated carbocycles. The maximum absolute atomic E-state index is 12.5. The number of ether oxygens (including phenoxy) is 1. The molecule has 22 heavy (non-hydrogen) atoms. The number of amides is 1. The van der Waals surface area contributed by atoms with Crippen LogP contribution in [-0.4, -0.2) is 35.8 Å². The molecule has 0 heterocycles. The molecule has 1 aromatic rings. The molecule has 0 aliphatic heterocycles. The van der Waals surface area contributed by atoms with E-state index in [0.29, 0.717) is 5.75 Å². The SMILES string of the molecule is CC(Oc1cccc(C(C)(C)C)c1)C(=O)NC(CF)C(=O)O. The third-order valence-corrected chi connectivity index (χ3v) is 3.15. The Hall–Kier alpha value is -2.11. The minimum absolute atomic E-state index is 0.0620. The minimum Gasteiger partial charge on any atom is -0.481 e. The lowest BCUT2D eigenvalue weighted by Gasteiger charge is -2.21. The van der Waals surface area contributed by atoms with Gasteiger partial charge in [0.2, 0.25) is 0 Å². The average Bonchev–Trinajstić information content (AvgIpc) is 2.43. The highest BCUT2D eigenvalue weighted by Gasteiger charge is 2.24. The standard InChI is InChI=1S/C16H22FNO4/c1-10(14(19)18-13(9-17)15(20)21)22-12-7-5-6-11(8-12)16(2,3)4/h5-8,10,13H,9H2,1-4H3,(H,18,19)(H,20,21). The molecule has 2 N–H and O–H groups in total. The van der Waals surface area contributed by atoms with Crippen molar-refractivity contribution in [2.75, 3.05) is 6.67 Å². The number of carboxylic acid groups (broad SMARTS) is 1. The van der Waals surface area contributed by atoms with E-state index in [2.05, 4.69) is 26.1 Å². The van der Waals surface area contributed by atoms with E-state index in [1.54, 1.807) is 6.07 Å². The van der Waals surface area contributed by atoms with Crippen LogP contribution in [0.1, 0.15) is 33.3 Å². The molecule has 0 aliphatic rings. The molecule has 0 radical (unpaired) electrons. The molecular weight excluding hydrogens is 289 g/mol. The second kappa shape index (κ2) is 7.24. The number of carbonyl (C=O) groups is 2. The Labute approximate surface area is 129 Å². The van der Waals surface area contributed by atoms with E-state index >= 15 is 0 Å². The fourth-order valence-corrected chi connectivity index (χ4v) is 1.75. The van der Waals surface area contributed by atoms with Crippen molar-refractivity contribution < 1.29 is 23.8 Å². The maximum atomic E-state index is 12.5. The summed E-state index contributed by atoms with van der Waals surface area (Å²) < 4.78 is 18.0. The molecule has 1 amide bonds. The number of aliphatic carboxylic acids is 1. The normalized spacial score (nSPS) is 14.0. The molecule has 0 fully saturated rings. The topological polar surface area (TPSA) is 75.6 Å². The smallest absolute Gasteiger partial charge is 0.328 e. The molecule has 122 valence electrons. The van der Waals surface area contributed by atoms with Crippen LogP contribution in [0, 0.1) is 0 Å². The fourth-order valence-electron chi connectivity index (χ4n) is 1.75. The first-order chi connectivity index (χ1) is 10.1. The largest absolute Gasteiger partial charge is 0.481 e. The van der Waals surface area contributed by atoms with Gasteiger partial charge in [0.05, 0.1) is 0 Å². The summed E-state index contributed by atoms with van der Waals surface area (Å²) in [5, 5.41) is 10.8. The summed E-state index contributed by atoms with van der Waals surface area (Å²) in [5.41, 5.74) is 0.984.